The number of rotatable bonds is 55. The number of allylic oxidation sites excluding steroid dienone is 27. The van der Waals surface area contributed by atoms with Gasteiger partial charge in [-0.25, -0.2) is 0 Å². The number of hydrogen-bond acceptors (Lipinski definition) is 6. The summed E-state index contributed by atoms with van der Waals surface area (Å²) in [6.45, 7) is 6.28. The zero-order valence-electron chi connectivity index (χ0n) is 50.6. The maximum atomic E-state index is 12.9. The molecule has 0 spiro atoms. The van der Waals surface area contributed by atoms with Crippen LogP contribution in [0.1, 0.15) is 252 Å². The Morgan fingerprint density at radius 1 is 0.278 bits per heavy atom. The van der Waals surface area contributed by atoms with Crippen molar-refractivity contribution in [2.75, 3.05) is 13.2 Å². The van der Waals surface area contributed by atoms with Crippen LogP contribution in [0.2, 0.25) is 0 Å². The predicted octanol–water partition coefficient (Wildman–Crippen LogP) is 21.9. The van der Waals surface area contributed by atoms with Gasteiger partial charge in [-0.1, -0.05) is 294 Å². The molecule has 6 heteroatoms. The van der Waals surface area contributed by atoms with Gasteiger partial charge in [0.1, 0.15) is 13.2 Å². The van der Waals surface area contributed by atoms with Crippen LogP contribution in [0.5, 0.6) is 0 Å². The molecule has 79 heavy (non-hydrogen) atoms. The molecule has 0 aromatic carbocycles. The van der Waals surface area contributed by atoms with Crippen molar-refractivity contribution in [2.24, 2.45) is 0 Å². The minimum Gasteiger partial charge on any atom is -0.462 e. The molecule has 0 fully saturated rings. The topological polar surface area (TPSA) is 78.9 Å². The summed E-state index contributed by atoms with van der Waals surface area (Å²) in [5.41, 5.74) is 0. The first-order valence-corrected chi connectivity index (χ1v) is 31.6. The highest BCUT2D eigenvalue weighted by Crippen LogP contribution is 2.15. The zero-order chi connectivity index (χ0) is 57.1. The maximum Gasteiger partial charge on any atom is 0.309 e. The lowest BCUT2D eigenvalue weighted by molar-refractivity contribution is -0.166. The molecule has 0 N–H and O–H groups in total. The molecule has 0 rings (SSSR count). The van der Waals surface area contributed by atoms with Crippen LogP contribution in [-0.4, -0.2) is 37.2 Å². The highest BCUT2D eigenvalue weighted by Gasteiger charge is 2.19. The first kappa shape index (κ1) is 73.8. The van der Waals surface area contributed by atoms with Crippen molar-refractivity contribution in [2.45, 2.75) is 258 Å². The highest BCUT2D eigenvalue weighted by atomic mass is 16.6. The van der Waals surface area contributed by atoms with E-state index in [0.29, 0.717) is 12.8 Å². The number of esters is 3. The van der Waals surface area contributed by atoms with E-state index in [1.807, 2.05) is 6.08 Å². The Labute approximate surface area is 485 Å². The van der Waals surface area contributed by atoms with Gasteiger partial charge in [0.2, 0.25) is 0 Å². The molecular weight excluding hydrogens is 973 g/mol. The molecule has 6 nitrogen and oxygen atoms in total. The van der Waals surface area contributed by atoms with E-state index in [2.05, 4.69) is 179 Å². The lowest BCUT2D eigenvalue weighted by atomic mass is 10.0. The van der Waals surface area contributed by atoms with Crippen LogP contribution in [0.3, 0.4) is 0 Å². The van der Waals surface area contributed by atoms with Crippen molar-refractivity contribution in [3.05, 3.63) is 170 Å². The monoisotopic (exact) mass is 1090 g/mol. The second-order valence-corrected chi connectivity index (χ2v) is 20.2. The average molecular weight is 1090 g/mol. The summed E-state index contributed by atoms with van der Waals surface area (Å²) in [6, 6.07) is 0. The lowest BCUT2D eigenvalue weighted by Crippen LogP contribution is -2.30. The predicted molar refractivity (Wildman–Crippen MR) is 343 cm³/mol. The molecule has 0 amide bonds. The van der Waals surface area contributed by atoms with Crippen LogP contribution in [0.15, 0.2) is 170 Å². The van der Waals surface area contributed by atoms with Crippen molar-refractivity contribution in [3.8, 4) is 0 Å². The summed E-state index contributed by atoms with van der Waals surface area (Å²) in [6.07, 6.45) is 96.8. The maximum absolute atomic E-state index is 12.9. The van der Waals surface area contributed by atoms with Crippen molar-refractivity contribution in [1.82, 2.24) is 0 Å². The number of carbonyl (C=O) groups excluding carboxylic acids is 3. The fraction of sp³-hybridized carbons (Fsp3) is 0.575. The van der Waals surface area contributed by atoms with Crippen LogP contribution >= 0.6 is 0 Å². The fourth-order valence-corrected chi connectivity index (χ4v) is 8.11. The molecule has 0 aliphatic rings. The van der Waals surface area contributed by atoms with E-state index in [4.69, 9.17) is 14.2 Å². The number of hydrogen-bond donors (Lipinski definition) is 0. The largest absolute Gasteiger partial charge is 0.462 e. The third kappa shape index (κ3) is 63.5. The standard InChI is InChI=1S/C73H114O6/c1-4-7-10-13-16-19-22-25-28-30-31-32-33-34-35-36-37-38-39-40-41-43-45-48-51-54-57-60-63-66-72(75)78-69-70(68-77-71(74)65-62-59-56-53-50-47-44-27-24-21-18-15-12-9-6-3)79-73(76)67-64-61-58-55-52-49-46-42-29-26-23-20-17-14-11-8-5-2/h7,9-10,12,16,18-19,21,25,27-28,31-32,34-35,37-38,40-41,44-45,48,50,53-54,57,59,62,70H,4-6,8,11,13-15,17,20,22-24,26,29-30,33,36,39,42-43,46-47,49,51-52,55-56,58,60-61,63-69H2,1-3H3/b10-7-,12-9-,19-16-,21-18-,28-25-,32-31-,35-34-,38-37-,41-40-,44-27-,48-45-,53-50-,57-54-,62-59-. The number of carbonyl (C=O) groups is 3. The molecule has 0 radical (unpaired) electrons. The minimum atomic E-state index is -0.849. The zero-order valence-corrected chi connectivity index (χ0v) is 50.6. The summed E-state index contributed by atoms with van der Waals surface area (Å²) >= 11 is 0. The lowest BCUT2D eigenvalue weighted by Gasteiger charge is -2.18. The average Bonchev–Trinajstić information content (AvgIpc) is 3.45. The van der Waals surface area contributed by atoms with Gasteiger partial charge in [0.25, 0.3) is 0 Å². The highest BCUT2D eigenvalue weighted by molar-refractivity contribution is 5.72. The smallest absolute Gasteiger partial charge is 0.309 e. The SMILES string of the molecule is CC/C=C\C/C=C\C/C=C\C/C=C\C/C=C\C/C=C\C/C=C\C/C=C\C/C=C\CCCC(=O)OCC(COC(=O)C/C=C\C/C=C\C/C=C\C/C=C\C/C=C\CC)OC(=O)CCCCCCCCCCCCCCCCCCC. The molecule has 0 saturated heterocycles. The Hall–Kier alpha value is -5.23. The van der Waals surface area contributed by atoms with Crippen LogP contribution in [0.25, 0.3) is 0 Å². The molecule has 0 aromatic heterocycles. The second-order valence-electron chi connectivity index (χ2n) is 20.2. The van der Waals surface area contributed by atoms with E-state index in [0.717, 1.165) is 116 Å². The minimum absolute atomic E-state index is 0.110. The van der Waals surface area contributed by atoms with Crippen molar-refractivity contribution in [1.29, 1.82) is 0 Å². The number of unbranched alkanes of at least 4 members (excludes halogenated alkanes) is 17. The van der Waals surface area contributed by atoms with Crippen molar-refractivity contribution < 1.29 is 28.6 Å². The molecule has 442 valence electrons. The van der Waals surface area contributed by atoms with Gasteiger partial charge in [-0.05, 0) is 109 Å². The normalized spacial score (nSPS) is 13.3. The van der Waals surface area contributed by atoms with E-state index >= 15 is 0 Å². The first-order valence-electron chi connectivity index (χ1n) is 31.6. The van der Waals surface area contributed by atoms with Gasteiger partial charge >= 0.3 is 17.9 Å². The number of ether oxygens (including phenoxy) is 3. The summed E-state index contributed by atoms with van der Waals surface area (Å²) in [7, 11) is 0. The van der Waals surface area contributed by atoms with Gasteiger partial charge < -0.3 is 14.2 Å². The summed E-state index contributed by atoms with van der Waals surface area (Å²) in [4.78, 5) is 38.2. The Morgan fingerprint density at radius 2 is 0.544 bits per heavy atom. The van der Waals surface area contributed by atoms with E-state index in [9.17, 15) is 14.4 Å². The van der Waals surface area contributed by atoms with Gasteiger partial charge in [-0.15, -0.1) is 0 Å². The van der Waals surface area contributed by atoms with Crippen LogP contribution in [0, 0.1) is 0 Å². The Balaban J connectivity index is 4.54. The van der Waals surface area contributed by atoms with E-state index in [1.54, 1.807) is 6.08 Å². The summed E-state index contributed by atoms with van der Waals surface area (Å²) < 4.78 is 16.7. The van der Waals surface area contributed by atoms with Crippen molar-refractivity contribution in [3.63, 3.8) is 0 Å². The van der Waals surface area contributed by atoms with Crippen LogP contribution < -0.4 is 0 Å². The molecule has 0 aromatic rings. The molecule has 0 bridgehead atoms. The molecule has 0 aliphatic carbocycles. The third-order valence-corrected chi connectivity index (χ3v) is 12.7. The molecule has 0 heterocycles. The van der Waals surface area contributed by atoms with Crippen molar-refractivity contribution >= 4 is 17.9 Å². The summed E-state index contributed by atoms with van der Waals surface area (Å²) in [5, 5.41) is 0. The Bertz CT molecular complexity index is 1820. The fourth-order valence-electron chi connectivity index (χ4n) is 8.11. The molecule has 1 atom stereocenters. The van der Waals surface area contributed by atoms with E-state index in [1.165, 1.54) is 89.9 Å². The first-order chi connectivity index (χ1) is 39.0. The Kier molecular flexibility index (Phi) is 61.0. The quantitative estimate of drug-likeness (QED) is 0.0261. The van der Waals surface area contributed by atoms with Gasteiger partial charge in [0.15, 0.2) is 6.10 Å². The van der Waals surface area contributed by atoms with Gasteiger partial charge in [-0.3, -0.25) is 14.4 Å². The summed E-state index contributed by atoms with van der Waals surface area (Å²) in [5.74, 6) is -1.13. The van der Waals surface area contributed by atoms with Gasteiger partial charge in [0, 0.05) is 12.8 Å². The molecular formula is C73H114O6. The molecule has 0 saturated carbocycles. The molecule has 1 unspecified atom stereocenters. The van der Waals surface area contributed by atoms with E-state index < -0.39 is 12.1 Å². The van der Waals surface area contributed by atoms with Gasteiger partial charge in [0.05, 0.1) is 6.42 Å². The Morgan fingerprint density at radius 3 is 0.873 bits per heavy atom. The van der Waals surface area contributed by atoms with E-state index in [-0.39, 0.29) is 38.0 Å². The van der Waals surface area contributed by atoms with Crippen LogP contribution in [-0.2, 0) is 28.6 Å². The third-order valence-electron chi connectivity index (χ3n) is 12.7. The van der Waals surface area contributed by atoms with Crippen LogP contribution in [0.4, 0.5) is 0 Å². The molecule has 0 aliphatic heterocycles. The van der Waals surface area contributed by atoms with Gasteiger partial charge in [-0.2, -0.15) is 0 Å². The second kappa shape index (κ2) is 65.3.